The molecule has 2 amide bonds. The molecule has 176 valence electrons. The van der Waals surface area contributed by atoms with Crippen molar-refractivity contribution < 1.29 is 27.5 Å². The summed E-state index contributed by atoms with van der Waals surface area (Å²) in [5.41, 5.74) is 1.21. The number of nitrogens with zero attached hydrogens (tertiary/aromatic N) is 2. The molecule has 1 unspecified atom stereocenters. The molecule has 2 aliphatic heterocycles. The molecule has 0 spiro atoms. The van der Waals surface area contributed by atoms with Crippen molar-refractivity contribution in [3.63, 3.8) is 0 Å². The summed E-state index contributed by atoms with van der Waals surface area (Å²) in [6, 6.07) is 4.53. The second-order valence-electron chi connectivity index (χ2n) is 7.92. The number of benzene rings is 1. The first kappa shape index (κ1) is 24.1. The number of hydrogen-bond donors (Lipinski definition) is 2. The number of esters is 1. The fourth-order valence-corrected chi connectivity index (χ4v) is 3.97. The van der Waals surface area contributed by atoms with Crippen LogP contribution in [0.3, 0.4) is 0 Å². The SMILES string of the molecule is CCOC(=O)C1=C(CN2CCN(Cc3ccc(C(F)(F)F)cc3)CC2)NC(=O)NC1CC. The fourth-order valence-electron chi connectivity index (χ4n) is 3.97. The minimum absolute atomic E-state index is 0.253. The number of hydrogen-bond acceptors (Lipinski definition) is 5. The van der Waals surface area contributed by atoms with Gasteiger partial charge in [-0.2, -0.15) is 13.2 Å². The van der Waals surface area contributed by atoms with E-state index in [4.69, 9.17) is 4.74 Å². The summed E-state index contributed by atoms with van der Waals surface area (Å²) in [6.45, 7) is 7.76. The summed E-state index contributed by atoms with van der Waals surface area (Å²) in [6.07, 6.45) is -3.76. The van der Waals surface area contributed by atoms with Crippen LogP contribution in [-0.2, 0) is 22.3 Å². The lowest BCUT2D eigenvalue weighted by Crippen LogP contribution is -2.53. The van der Waals surface area contributed by atoms with E-state index in [1.165, 1.54) is 12.1 Å². The Morgan fingerprint density at radius 3 is 2.19 bits per heavy atom. The van der Waals surface area contributed by atoms with Gasteiger partial charge in [0.05, 0.1) is 23.8 Å². The molecule has 2 N–H and O–H groups in total. The highest BCUT2D eigenvalue weighted by Gasteiger charge is 2.33. The standard InChI is InChI=1S/C22H29F3N4O3/c1-3-17-19(20(30)32-4-2)18(27-21(31)26-17)14-29-11-9-28(10-12-29)13-15-5-7-16(8-6-15)22(23,24)25/h5-8,17H,3-4,9-14H2,1-2H3,(H2,26,27,31). The van der Waals surface area contributed by atoms with Gasteiger partial charge < -0.3 is 15.4 Å². The number of piperazine rings is 1. The molecule has 2 heterocycles. The van der Waals surface area contributed by atoms with Crippen LogP contribution in [0.15, 0.2) is 35.5 Å². The van der Waals surface area contributed by atoms with Crippen LogP contribution in [0.2, 0.25) is 0 Å². The topological polar surface area (TPSA) is 73.9 Å². The molecule has 2 aliphatic rings. The number of alkyl halides is 3. The van der Waals surface area contributed by atoms with E-state index in [1.807, 2.05) is 6.92 Å². The third-order valence-corrected chi connectivity index (χ3v) is 5.68. The number of amides is 2. The molecule has 10 heteroatoms. The van der Waals surface area contributed by atoms with Crippen molar-refractivity contribution >= 4 is 12.0 Å². The Bertz CT molecular complexity index is 847. The van der Waals surface area contributed by atoms with Crippen LogP contribution in [0.25, 0.3) is 0 Å². The van der Waals surface area contributed by atoms with Gasteiger partial charge in [-0.25, -0.2) is 9.59 Å². The monoisotopic (exact) mass is 454 g/mol. The van der Waals surface area contributed by atoms with Crippen molar-refractivity contribution in [3.05, 3.63) is 46.7 Å². The summed E-state index contributed by atoms with van der Waals surface area (Å²) in [4.78, 5) is 28.9. The van der Waals surface area contributed by atoms with Gasteiger partial charge in [-0.1, -0.05) is 19.1 Å². The van der Waals surface area contributed by atoms with Gasteiger partial charge in [0.2, 0.25) is 0 Å². The summed E-state index contributed by atoms with van der Waals surface area (Å²) in [7, 11) is 0. The number of carbonyl (C=O) groups excluding carboxylic acids is 2. The molecular weight excluding hydrogens is 425 g/mol. The van der Waals surface area contributed by atoms with Crippen LogP contribution < -0.4 is 10.6 Å². The molecule has 0 radical (unpaired) electrons. The molecule has 0 saturated carbocycles. The van der Waals surface area contributed by atoms with Crippen molar-refractivity contribution in [2.24, 2.45) is 0 Å². The average Bonchev–Trinajstić information content (AvgIpc) is 2.74. The maximum atomic E-state index is 12.7. The Kier molecular flexibility index (Phi) is 7.78. The summed E-state index contributed by atoms with van der Waals surface area (Å²) >= 11 is 0. The molecule has 1 atom stereocenters. The lowest BCUT2D eigenvalue weighted by molar-refractivity contribution is -0.139. The molecule has 0 aliphatic carbocycles. The van der Waals surface area contributed by atoms with Gasteiger partial charge in [0.1, 0.15) is 0 Å². The number of halogens is 3. The predicted octanol–water partition coefficient (Wildman–Crippen LogP) is 2.73. The van der Waals surface area contributed by atoms with Gasteiger partial charge in [0, 0.05) is 45.0 Å². The normalized spacial score (nSPS) is 20.7. The molecule has 1 aromatic rings. The third kappa shape index (κ3) is 6.01. The summed E-state index contributed by atoms with van der Waals surface area (Å²) in [5, 5.41) is 5.53. The van der Waals surface area contributed by atoms with Crippen molar-refractivity contribution in [2.45, 2.75) is 39.0 Å². The van der Waals surface area contributed by atoms with E-state index in [1.54, 1.807) is 6.92 Å². The molecule has 0 aromatic heterocycles. The number of nitrogens with one attached hydrogen (secondary N) is 2. The minimum atomic E-state index is -4.33. The lowest BCUT2D eigenvalue weighted by Gasteiger charge is -2.37. The number of urea groups is 1. The van der Waals surface area contributed by atoms with Crippen LogP contribution in [0, 0.1) is 0 Å². The van der Waals surface area contributed by atoms with Crippen LogP contribution in [-0.4, -0.2) is 67.2 Å². The Morgan fingerprint density at radius 2 is 1.66 bits per heavy atom. The number of rotatable bonds is 7. The molecule has 32 heavy (non-hydrogen) atoms. The highest BCUT2D eigenvalue weighted by atomic mass is 19.4. The van der Waals surface area contributed by atoms with Gasteiger partial charge in [-0.3, -0.25) is 9.80 Å². The zero-order chi connectivity index (χ0) is 23.3. The lowest BCUT2D eigenvalue weighted by atomic mass is 10.00. The van der Waals surface area contributed by atoms with Gasteiger partial charge in [0.15, 0.2) is 0 Å². The van der Waals surface area contributed by atoms with Gasteiger partial charge >= 0.3 is 18.2 Å². The van der Waals surface area contributed by atoms with E-state index in [-0.39, 0.29) is 12.6 Å². The van der Waals surface area contributed by atoms with Crippen LogP contribution in [0.5, 0.6) is 0 Å². The molecule has 0 bridgehead atoms. The Balaban J connectivity index is 1.60. The van der Waals surface area contributed by atoms with Crippen LogP contribution in [0.4, 0.5) is 18.0 Å². The quantitative estimate of drug-likeness (QED) is 0.620. The Labute approximate surface area is 185 Å². The van der Waals surface area contributed by atoms with Gasteiger partial charge in [-0.15, -0.1) is 0 Å². The van der Waals surface area contributed by atoms with E-state index >= 15 is 0 Å². The third-order valence-electron chi connectivity index (χ3n) is 5.68. The van der Waals surface area contributed by atoms with E-state index < -0.39 is 23.8 Å². The predicted molar refractivity (Wildman–Crippen MR) is 113 cm³/mol. The summed E-state index contributed by atoms with van der Waals surface area (Å²) in [5.74, 6) is -0.428. The molecule has 3 rings (SSSR count). The van der Waals surface area contributed by atoms with Gasteiger partial charge in [-0.05, 0) is 31.0 Å². The van der Waals surface area contributed by atoms with Crippen LogP contribution in [0.1, 0.15) is 31.4 Å². The second-order valence-corrected chi connectivity index (χ2v) is 7.92. The molecule has 7 nitrogen and oxygen atoms in total. The first-order chi connectivity index (χ1) is 15.2. The first-order valence-corrected chi connectivity index (χ1v) is 10.8. The van der Waals surface area contributed by atoms with Gasteiger partial charge in [0.25, 0.3) is 0 Å². The largest absolute Gasteiger partial charge is 0.463 e. The van der Waals surface area contributed by atoms with Crippen molar-refractivity contribution in [1.29, 1.82) is 0 Å². The highest BCUT2D eigenvalue weighted by molar-refractivity contribution is 5.94. The van der Waals surface area contributed by atoms with E-state index in [2.05, 4.69) is 20.4 Å². The molecule has 1 fully saturated rings. The van der Waals surface area contributed by atoms with E-state index in [9.17, 15) is 22.8 Å². The Morgan fingerprint density at radius 1 is 1.06 bits per heavy atom. The highest BCUT2D eigenvalue weighted by Crippen LogP contribution is 2.29. The number of carbonyl (C=O) groups is 2. The minimum Gasteiger partial charge on any atom is -0.463 e. The number of ether oxygens (including phenoxy) is 1. The summed E-state index contributed by atoms with van der Waals surface area (Å²) < 4.78 is 43.4. The fraction of sp³-hybridized carbons (Fsp3) is 0.545. The Hall–Kier alpha value is -2.59. The molecule has 1 saturated heterocycles. The maximum absolute atomic E-state index is 12.7. The first-order valence-electron chi connectivity index (χ1n) is 10.8. The van der Waals surface area contributed by atoms with Crippen molar-refractivity contribution in [1.82, 2.24) is 20.4 Å². The van der Waals surface area contributed by atoms with Crippen molar-refractivity contribution in [3.8, 4) is 0 Å². The molecular formula is C22H29F3N4O3. The zero-order valence-corrected chi connectivity index (χ0v) is 18.3. The second kappa shape index (κ2) is 10.4. The van der Waals surface area contributed by atoms with Crippen molar-refractivity contribution in [2.75, 3.05) is 39.3 Å². The maximum Gasteiger partial charge on any atom is 0.416 e. The van der Waals surface area contributed by atoms with Crippen LogP contribution >= 0.6 is 0 Å². The van der Waals surface area contributed by atoms with E-state index in [0.717, 1.165) is 30.8 Å². The van der Waals surface area contributed by atoms with E-state index in [0.29, 0.717) is 43.9 Å². The zero-order valence-electron chi connectivity index (χ0n) is 18.3. The smallest absolute Gasteiger partial charge is 0.416 e. The average molecular weight is 454 g/mol. The molecule has 1 aromatic carbocycles.